The number of hydrogen-bond acceptors (Lipinski definition) is 6. The SMILES string of the molecule is Cc1ccc2nc(-c3ccc(NC(=O)[C@H](COCc4ccccc4)NC(=O)OC(C)(C)C)cc3)sc2c1. The van der Waals surface area contributed by atoms with Gasteiger partial charge in [0.15, 0.2) is 0 Å². The van der Waals surface area contributed by atoms with Crippen molar-refractivity contribution < 1.29 is 19.1 Å². The number of carbonyl (C=O) groups is 2. The number of amides is 2. The zero-order valence-electron chi connectivity index (χ0n) is 21.4. The minimum Gasteiger partial charge on any atom is -0.444 e. The number of rotatable bonds is 8. The van der Waals surface area contributed by atoms with E-state index in [9.17, 15) is 9.59 Å². The van der Waals surface area contributed by atoms with Crippen molar-refractivity contribution in [3.63, 3.8) is 0 Å². The molecule has 0 unspecified atom stereocenters. The highest BCUT2D eigenvalue weighted by Gasteiger charge is 2.25. The van der Waals surface area contributed by atoms with Crippen molar-refractivity contribution in [3.8, 4) is 10.6 Å². The van der Waals surface area contributed by atoms with Crippen molar-refractivity contribution >= 4 is 39.2 Å². The van der Waals surface area contributed by atoms with Crippen molar-refractivity contribution in [1.82, 2.24) is 10.3 Å². The van der Waals surface area contributed by atoms with Crippen LogP contribution in [0.4, 0.5) is 10.5 Å². The molecule has 37 heavy (non-hydrogen) atoms. The molecule has 2 N–H and O–H groups in total. The van der Waals surface area contributed by atoms with E-state index in [4.69, 9.17) is 14.5 Å². The fourth-order valence-electron chi connectivity index (χ4n) is 3.58. The Kier molecular flexibility index (Phi) is 8.21. The first kappa shape index (κ1) is 26.3. The number of aromatic nitrogens is 1. The van der Waals surface area contributed by atoms with Gasteiger partial charge in [-0.1, -0.05) is 36.4 Å². The first-order chi connectivity index (χ1) is 17.7. The van der Waals surface area contributed by atoms with Crippen molar-refractivity contribution in [2.45, 2.75) is 45.9 Å². The molecule has 192 valence electrons. The third-order valence-corrected chi connectivity index (χ3v) is 6.41. The van der Waals surface area contributed by atoms with Gasteiger partial charge >= 0.3 is 6.09 Å². The molecule has 7 nitrogen and oxygen atoms in total. The van der Waals surface area contributed by atoms with Crippen molar-refractivity contribution in [2.24, 2.45) is 0 Å². The van der Waals surface area contributed by atoms with Crippen LogP contribution in [0.2, 0.25) is 0 Å². The molecule has 0 aliphatic heterocycles. The van der Waals surface area contributed by atoms with Gasteiger partial charge in [-0.3, -0.25) is 4.79 Å². The van der Waals surface area contributed by atoms with E-state index in [1.54, 1.807) is 32.1 Å². The maximum atomic E-state index is 13.1. The Morgan fingerprint density at radius 2 is 1.73 bits per heavy atom. The van der Waals surface area contributed by atoms with E-state index in [1.165, 1.54) is 5.56 Å². The molecular formula is C29H31N3O4S. The summed E-state index contributed by atoms with van der Waals surface area (Å²) in [6, 6.07) is 22.4. The van der Waals surface area contributed by atoms with Crippen LogP contribution in [0.15, 0.2) is 72.8 Å². The van der Waals surface area contributed by atoms with E-state index in [0.717, 1.165) is 26.4 Å². The average molecular weight is 518 g/mol. The smallest absolute Gasteiger partial charge is 0.408 e. The van der Waals surface area contributed by atoms with Crippen LogP contribution in [-0.4, -0.2) is 35.2 Å². The summed E-state index contributed by atoms with van der Waals surface area (Å²) in [5.74, 6) is -0.401. The van der Waals surface area contributed by atoms with Crippen LogP contribution in [0.3, 0.4) is 0 Å². The molecule has 4 aromatic rings. The zero-order chi connectivity index (χ0) is 26.4. The number of benzene rings is 3. The number of carbonyl (C=O) groups excluding carboxylic acids is 2. The van der Waals surface area contributed by atoms with Crippen LogP contribution in [0, 0.1) is 6.92 Å². The third kappa shape index (κ3) is 7.62. The van der Waals surface area contributed by atoms with Gasteiger partial charge in [0.2, 0.25) is 5.91 Å². The lowest BCUT2D eigenvalue weighted by Crippen LogP contribution is -2.48. The van der Waals surface area contributed by atoms with E-state index >= 15 is 0 Å². The Hall–Kier alpha value is -3.75. The molecule has 2 amide bonds. The normalized spacial score (nSPS) is 12.2. The molecule has 0 fully saturated rings. The third-order valence-electron chi connectivity index (χ3n) is 5.35. The number of aryl methyl sites for hydroxylation is 1. The minimum atomic E-state index is -0.939. The highest BCUT2D eigenvalue weighted by molar-refractivity contribution is 7.21. The fourth-order valence-corrected chi connectivity index (χ4v) is 4.65. The Morgan fingerprint density at radius 3 is 2.43 bits per heavy atom. The second-order valence-electron chi connectivity index (χ2n) is 9.76. The number of nitrogens with zero attached hydrogens (tertiary/aromatic N) is 1. The van der Waals surface area contributed by atoms with Gasteiger partial charge in [-0.05, 0) is 75.2 Å². The minimum absolute atomic E-state index is 0.0107. The number of ether oxygens (including phenoxy) is 2. The van der Waals surface area contributed by atoms with Crippen molar-refractivity contribution in [1.29, 1.82) is 0 Å². The number of thiazole rings is 1. The lowest BCUT2D eigenvalue weighted by Gasteiger charge is -2.23. The van der Waals surface area contributed by atoms with Gasteiger partial charge in [0.25, 0.3) is 0 Å². The first-order valence-electron chi connectivity index (χ1n) is 12.1. The van der Waals surface area contributed by atoms with Crippen LogP contribution >= 0.6 is 11.3 Å². The summed E-state index contributed by atoms with van der Waals surface area (Å²) < 4.78 is 12.2. The number of alkyl carbamates (subject to hydrolysis) is 1. The van der Waals surface area contributed by atoms with Gasteiger partial charge in [0.05, 0.1) is 23.4 Å². The molecule has 3 aromatic carbocycles. The van der Waals surface area contributed by atoms with Crippen LogP contribution < -0.4 is 10.6 Å². The van der Waals surface area contributed by atoms with E-state index in [-0.39, 0.29) is 6.61 Å². The Morgan fingerprint density at radius 1 is 1.00 bits per heavy atom. The summed E-state index contributed by atoms with van der Waals surface area (Å²) in [4.78, 5) is 30.2. The molecule has 0 bridgehead atoms. The molecule has 0 saturated heterocycles. The molecule has 1 heterocycles. The Labute approximate surface area is 220 Å². The van der Waals surface area contributed by atoms with Gasteiger partial charge in [-0.15, -0.1) is 11.3 Å². The fraction of sp³-hybridized carbons (Fsp3) is 0.276. The molecule has 0 aliphatic carbocycles. The van der Waals surface area contributed by atoms with Crippen molar-refractivity contribution in [3.05, 3.63) is 83.9 Å². The van der Waals surface area contributed by atoms with Gasteiger partial charge in [0, 0.05) is 11.3 Å². The number of anilines is 1. The van der Waals surface area contributed by atoms with E-state index in [1.807, 2.05) is 60.7 Å². The number of nitrogens with one attached hydrogen (secondary N) is 2. The zero-order valence-corrected chi connectivity index (χ0v) is 22.2. The second-order valence-corrected chi connectivity index (χ2v) is 10.8. The number of hydrogen-bond donors (Lipinski definition) is 2. The van der Waals surface area contributed by atoms with E-state index in [2.05, 4.69) is 29.7 Å². The largest absolute Gasteiger partial charge is 0.444 e. The highest BCUT2D eigenvalue weighted by Crippen LogP contribution is 2.31. The second kappa shape index (κ2) is 11.5. The monoisotopic (exact) mass is 517 g/mol. The van der Waals surface area contributed by atoms with Gasteiger partial charge in [0.1, 0.15) is 16.7 Å². The maximum absolute atomic E-state index is 13.1. The predicted molar refractivity (Wildman–Crippen MR) is 148 cm³/mol. The van der Waals surface area contributed by atoms with E-state index < -0.39 is 23.6 Å². The summed E-state index contributed by atoms with van der Waals surface area (Å²) in [6.07, 6.45) is -0.683. The van der Waals surface area contributed by atoms with Gasteiger partial charge in [-0.2, -0.15) is 0 Å². The van der Waals surface area contributed by atoms with Crippen LogP contribution in [-0.2, 0) is 20.9 Å². The maximum Gasteiger partial charge on any atom is 0.408 e. The van der Waals surface area contributed by atoms with Crippen LogP contribution in [0.1, 0.15) is 31.9 Å². The molecule has 8 heteroatoms. The molecule has 1 aromatic heterocycles. The van der Waals surface area contributed by atoms with Crippen LogP contribution in [0.5, 0.6) is 0 Å². The molecule has 0 saturated carbocycles. The molecule has 0 radical (unpaired) electrons. The lowest BCUT2D eigenvalue weighted by atomic mass is 10.2. The molecular weight excluding hydrogens is 486 g/mol. The van der Waals surface area contributed by atoms with Gasteiger partial charge < -0.3 is 20.1 Å². The first-order valence-corrected chi connectivity index (χ1v) is 12.9. The standard InChI is InChI=1S/C29H31N3O4S/c1-19-10-15-23-25(16-19)37-27(31-23)21-11-13-22(14-12-21)30-26(33)24(32-28(34)36-29(2,3)4)18-35-17-20-8-6-5-7-9-20/h5-16,24H,17-18H2,1-4H3,(H,30,33)(H,32,34)/t24-/m0/s1. The van der Waals surface area contributed by atoms with Gasteiger partial charge in [-0.25, -0.2) is 9.78 Å². The summed E-state index contributed by atoms with van der Waals surface area (Å²) >= 11 is 1.63. The highest BCUT2D eigenvalue weighted by atomic mass is 32.1. The summed E-state index contributed by atoms with van der Waals surface area (Å²) in [5.41, 5.74) is 4.01. The topological polar surface area (TPSA) is 89.5 Å². The molecule has 1 atom stereocenters. The lowest BCUT2D eigenvalue weighted by molar-refractivity contribution is -0.119. The molecule has 0 aliphatic rings. The molecule has 4 rings (SSSR count). The quantitative estimate of drug-likeness (QED) is 0.285. The van der Waals surface area contributed by atoms with E-state index in [0.29, 0.717) is 12.3 Å². The summed E-state index contributed by atoms with van der Waals surface area (Å²) in [7, 11) is 0. The summed E-state index contributed by atoms with van der Waals surface area (Å²) in [5, 5.41) is 6.41. The van der Waals surface area contributed by atoms with Crippen LogP contribution in [0.25, 0.3) is 20.8 Å². The summed E-state index contributed by atoms with van der Waals surface area (Å²) in [6.45, 7) is 7.67. The Balaban J connectivity index is 1.42. The van der Waals surface area contributed by atoms with Crippen molar-refractivity contribution in [2.75, 3.05) is 11.9 Å². The Bertz CT molecular complexity index is 1360. The predicted octanol–water partition coefficient (Wildman–Crippen LogP) is 6.32. The molecule has 0 spiro atoms. The number of fused-ring (bicyclic) bond motifs is 1. The average Bonchev–Trinajstić information content (AvgIpc) is 3.26.